The van der Waals surface area contributed by atoms with Crippen molar-refractivity contribution in [3.63, 3.8) is 0 Å². The molecule has 3 aromatic rings. The van der Waals surface area contributed by atoms with Crippen LogP contribution in [-0.2, 0) is 15.1 Å². The number of nitrogens with one attached hydrogen (secondary N) is 1. The number of hydrogen-bond donors (Lipinski definition) is 1. The fourth-order valence-corrected chi connectivity index (χ4v) is 4.54. The second-order valence-electron chi connectivity index (χ2n) is 6.48. The molecule has 1 amide bonds. The van der Waals surface area contributed by atoms with E-state index in [0.717, 1.165) is 15.6 Å². The number of carbonyl (C=O) groups excluding carboxylic acids is 2. The summed E-state index contributed by atoms with van der Waals surface area (Å²) in [6, 6.07) is 16.3. The van der Waals surface area contributed by atoms with Gasteiger partial charge in [0, 0.05) is 10.9 Å². The van der Waals surface area contributed by atoms with Crippen molar-refractivity contribution in [2.75, 3.05) is 0 Å². The van der Waals surface area contributed by atoms with Gasteiger partial charge >= 0.3 is 0 Å². The Balaban J connectivity index is 1.70. The van der Waals surface area contributed by atoms with E-state index < -0.39 is 17.6 Å². The van der Waals surface area contributed by atoms with E-state index in [4.69, 9.17) is 16.3 Å². The van der Waals surface area contributed by atoms with Gasteiger partial charge in [-0.1, -0.05) is 51.8 Å². The highest BCUT2D eigenvalue weighted by Gasteiger charge is 2.48. The Morgan fingerprint density at radius 2 is 1.82 bits per heavy atom. The minimum Gasteiger partial charge on any atom is -0.471 e. The van der Waals surface area contributed by atoms with Gasteiger partial charge in [0.15, 0.2) is 5.78 Å². The number of Topliss-reactive ketones (excluding diaryl/α,β-unsaturated/α-hetero) is 1. The quantitative estimate of drug-likeness (QED) is 0.543. The van der Waals surface area contributed by atoms with E-state index in [9.17, 15) is 9.59 Å². The highest BCUT2D eigenvalue weighted by Crippen LogP contribution is 2.38. The number of ketones is 1. The number of hydrogen-bond acceptors (Lipinski definition) is 4. The van der Waals surface area contributed by atoms with Gasteiger partial charge in [-0.25, -0.2) is 0 Å². The maximum absolute atomic E-state index is 13.0. The number of carbonyl (C=O) groups is 2. The molecule has 2 aromatic carbocycles. The van der Waals surface area contributed by atoms with Crippen molar-refractivity contribution in [3.8, 4) is 5.75 Å². The predicted molar refractivity (Wildman–Crippen MR) is 113 cm³/mol. The van der Waals surface area contributed by atoms with Crippen molar-refractivity contribution in [1.29, 1.82) is 0 Å². The summed E-state index contributed by atoms with van der Waals surface area (Å²) >= 11 is 11.1. The van der Waals surface area contributed by atoms with E-state index >= 15 is 0 Å². The average Bonchev–Trinajstić information content (AvgIpc) is 3.22. The second kappa shape index (κ2) is 7.70. The lowest BCUT2D eigenvalue weighted by Gasteiger charge is -2.40. The van der Waals surface area contributed by atoms with E-state index in [-0.39, 0.29) is 12.2 Å². The molecule has 0 radical (unpaired) electrons. The molecule has 0 saturated carbocycles. The maximum atomic E-state index is 13.0. The molecular formula is C21H15BrClNO3S. The van der Waals surface area contributed by atoms with Gasteiger partial charge in [-0.15, -0.1) is 0 Å². The lowest BCUT2D eigenvalue weighted by Crippen LogP contribution is -2.60. The fraction of sp³-hybridized carbons (Fsp3) is 0.143. The van der Waals surface area contributed by atoms with Gasteiger partial charge in [-0.05, 0) is 52.2 Å². The minimum absolute atomic E-state index is 0.0895. The van der Waals surface area contributed by atoms with Crippen molar-refractivity contribution < 1.29 is 14.3 Å². The number of ether oxygens (including phenoxy) is 1. The van der Waals surface area contributed by atoms with Crippen LogP contribution in [0.4, 0.5) is 0 Å². The van der Waals surface area contributed by atoms with Crippen LogP contribution in [-0.4, -0.2) is 17.8 Å². The Kier molecular flexibility index (Phi) is 5.27. The van der Waals surface area contributed by atoms with Crippen LogP contribution in [0.1, 0.15) is 17.5 Å². The molecule has 4 rings (SSSR count). The summed E-state index contributed by atoms with van der Waals surface area (Å²) in [7, 11) is 0. The predicted octanol–water partition coefficient (Wildman–Crippen LogP) is 4.94. The Labute approximate surface area is 179 Å². The number of para-hydroxylation sites is 1. The van der Waals surface area contributed by atoms with E-state index in [1.54, 1.807) is 24.3 Å². The van der Waals surface area contributed by atoms with Crippen LogP contribution in [0.5, 0.6) is 5.75 Å². The van der Waals surface area contributed by atoms with Crippen LogP contribution >= 0.6 is 38.9 Å². The summed E-state index contributed by atoms with van der Waals surface area (Å²) in [4.78, 5) is 26.0. The van der Waals surface area contributed by atoms with Crippen LogP contribution in [0.15, 0.2) is 69.8 Å². The first-order chi connectivity index (χ1) is 13.5. The Morgan fingerprint density at radius 3 is 2.46 bits per heavy atom. The number of piperidine rings is 1. The smallest absolute Gasteiger partial charge is 0.269 e. The van der Waals surface area contributed by atoms with E-state index in [1.807, 2.05) is 41.1 Å². The second-order valence-corrected chi connectivity index (χ2v) is 8.59. The monoisotopic (exact) mass is 475 g/mol. The minimum atomic E-state index is -1.23. The highest BCUT2D eigenvalue weighted by atomic mass is 79.9. The largest absolute Gasteiger partial charge is 0.471 e. The molecule has 4 nitrogen and oxygen atoms in total. The molecule has 2 heterocycles. The summed E-state index contributed by atoms with van der Waals surface area (Å²) in [6.45, 7) is 0. The van der Waals surface area contributed by atoms with Crippen LogP contribution in [0.2, 0.25) is 5.02 Å². The zero-order chi connectivity index (χ0) is 19.7. The molecule has 142 valence electrons. The van der Waals surface area contributed by atoms with Gasteiger partial charge in [0.1, 0.15) is 5.75 Å². The molecule has 0 spiro atoms. The molecule has 1 fully saturated rings. The molecule has 7 heteroatoms. The first-order valence-corrected chi connectivity index (χ1v) is 10.7. The topological polar surface area (TPSA) is 55.4 Å². The van der Waals surface area contributed by atoms with Crippen molar-refractivity contribution in [1.82, 2.24) is 5.32 Å². The Bertz CT molecular complexity index is 1000. The molecule has 0 aliphatic carbocycles. The molecule has 1 saturated heterocycles. The molecule has 2 atom stereocenters. The lowest BCUT2D eigenvalue weighted by molar-refractivity contribution is -0.144. The standard InChI is InChI=1S/C21H15BrClNO3S/c22-15-7-5-13(6-8-15)21(14-9-10-28-12-14)11-17(25)19(20(26)24-21)27-18-4-2-1-3-16(18)23/h1-10,12,19H,11H2,(H,24,26)/t19-,21-/m0/s1. The number of benzene rings is 2. The Morgan fingerprint density at radius 1 is 1.07 bits per heavy atom. The van der Waals surface area contributed by atoms with Crippen LogP contribution < -0.4 is 10.1 Å². The molecule has 1 aromatic heterocycles. The summed E-state index contributed by atoms with van der Waals surface area (Å²) < 4.78 is 6.60. The van der Waals surface area contributed by atoms with E-state index in [0.29, 0.717) is 10.8 Å². The van der Waals surface area contributed by atoms with Gasteiger partial charge < -0.3 is 10.1 Å². The first kappa shape index (κ1) is 19.2. The lowest BCUT2D eigenvalue weighted by atomic mass is 9.76. The van der Waals surface area contributed by atoms with Crippen LogP contribution in [0.3, 0.4) is 0 Å². The van der Waals surface area contributed by atoms with Gasteiger partial charge in [-0.2, -0.15) is 11.3 Å². The highest BCUT2D eigenvalue weighted by molar-refractivity contribution is 9.10. The van der Waals surface area contributed by atoms with Gasteiger partial charge in [0.2, 0.25) is 6.10 Å². The molecule has 0 unspecified atom stereocenters. The van der Waals surface area contributed by atoms with Crippen molar-refractivity contribution in [2.45, 2.75) is 18.1 Å². The molecule has 1 aliphatic heterocycles. The Hall–Kier alpha value is -2.15. The normalized spacial score (nSPS) is 22.0. The van der Waals surface area contributed by atoms with Gasteiger partial charge in [-0.3, -0.25) is 9.59 Å². The first-order valence-electron chi connectivity index (χ1n) is 8.54. The number of thiophene rings is 1. The van der Waals surface area contributed by atoms with E-state index in [2.05, 4.69) is 21.2 Å². The maximum Gasteiger partial charge on any atom is 0.269 e. The summed E-state index contributed by atoms with van der Waals surface area (Å²) in [5, 5.41) is 7.28. The van der Waals surface area contributed by atoms with E-state index in [1.165, 1.54) is 11.3 Å². The third-order valence-corrected chi connectivity index (χ3v) is 6.26. The number of amides is 1. The third-order valence-electron chi connectivity index (χ3n) is 4.74. The third kappa shape index (κ3) is 3.48. The summed E-state index contributed by atoms with van der Waals surface area (Å²) in [6.07, 6.45) is -1.14. The molecule has 28 heavy (non-hydrogen) atoms. The zero-order valence-corrected chi connectivity index (χ0v) is 17.7. The van der Waals surface area contributed by atoms with Crippen molar-refractivity contribution >= 4 is 50.6 Å². The van der Waals surface area contributed by atoms with Crippen LogP contribution in [0, 0.1) is 0 Å². The fourth-order valence-electron chi connectivity index (χ4n) is 3.36. The summed E-state index contributed by atoms with van der Waals surface area (Å²) in [5.74, 6) is -0.465. The molecule has 0 bridgehead atoms. The van der Waals surface area contributed by atoms with Gasteiger partial charge in [0.05, 0.1) is 10.6 Å². The van der Waals surface area contributed by atoms with Crippen molar-refractivity contribution in [3.05, 3.63) is 86.0 Å². The van der Waals surface area contributed by atoms with Gasteiger partial charge in [0.25, 0.3) is 5.91 Å². The number of rotatable bonds is 4. The SMILES string of the molecule is O=C1C[C@](c2ccc(Br)cc2)(c2ccsc2)NC(=O)[C@H]1Oc1ccccc1Cl. The molecular weight excluding hydrogens is 462 g/mol. The number of halogens is 2. The molecule has 1 N–H and O–H groups in total. The molecule has 1 aliphatic rings. The zero-order valence-electron chi connectivity index (χ0n) is 14.5. The summed E-state index contributed by atoms with van der Waals surface area (Å²) in [5.41, 5.74) is 0.791. The average molecular weight is 477 g/mol. The van der Waals surface area contributed by atoms with Crippen LogP contribution in [0.25, 0.3) is 0 Å². The van der Waals surface area contributed by atoms with Crippen molar-refractivity contribution in [2.24, 2.45) is 0 Å².